The third-order valence-corrected chi connectivity index (χ3v) is 2.98. The summed E-state index contributed by atoms with van der Waals surface area (Å²) in [6.45, 7) is 2.16. The lowest BCUT2D eigenvalue weighted by Gasteiger charge is -2.21. The normalized spacial score (nSPS) is 11.3. The second-order valence-corrected chi connectivity index (χ2v) is 4.51. The molecule has 0 aliphatic rings. The van der Waals surface area contributed by atoms with Crippen molar-refractivity contribution in [2.24, 2.45) is 0 Å². The first-order valence-electron chi connectivity index (χ1n) is 6.68. The molecule has 2 amide bonds. The summed E-state index contributed by atoms with van der Waals surface area (Å²) in [6, 6.07) is 5.97. The number of carbonyl (C=O) groups is 1. The Morgan fingerprint density at radius 3 is 2.57 bits per heavy atom. The molecule has 0 spiro atoms. The van der Waals surface area contributed by atoms with Crippen LogP contribution in [0.4, 0.5) is 23.7 Å². The minimum Gasteiger partial charge on any atom is -0.395 e. The highest BCUT2D eigenvalue weighted by Crippen LogP contribution is 2.25. The molecule has 0 unspecified atom stereocenters. The molecule has 4 nitrogen and oxygen atoms in total. The molecule has 0 atom stereocenters. The van der Waals surface area contributed by atoms with Gasteiger partial charge < -0.3 is 15.3 Å². The van der Waals surface area contributed by atoms with Crippen LogP contribution in [-0.2, 0) is 6.42 Å². The van der Waals surface area contributed by atoms with Crippen LogP contribution in [0.15, 0.2) is 24.3 Å². The summed E-state index contributed by atoms with van der Waals surface area (Å²) in [7, 11) is 0. The van der Waals surface area contributed by atoms with Gasteiger partial charge in [0.2, 0.25) is 0 Å². The maximum absolute atomic E-state index is 12.3. The lowest BCUT2D eigenvalue weighted by atomic mass is 10.1. The number of aliphatic hydroxyl groups is 1. The number of rotatable bonds is 6. The topological polar surface area (TPSA) is 52.6 Å². The highest BCUT2D eigenvalue weighted by molar-refractivity contribution is 5.90. The first kappa shape index (κ1) is 17.3. The molecular weight excluding hydrogens is 285 g/mol. The van der Waals surface area contributed by atoms with Crippen LogP contribution < -0.4 is 5.32 Å². The zero-order valence-electron chi connectivity index (χ0n) is 11.8. The summed E-state index contributed by atoms with van der Waals surface area (Å²) < 4.78 is 36.9. The number of halogens is 3. The highest BCUT2D eigenvalue weighted by atomic mass is 19.4. The van der Waals surface area contributed by atoms with E-state index in [1.165, 1.54) is 4.90 Å². The molecule has 1 aromatic carbocycles. The smallest absolute Gasteiger partial charge is 0.389 e. The van der Waals surface area contributed by atoms with Gasteiger partial charge in [0, 0.05) is 25.2 Å². The fourth-order valence-electron chi connectivity index (χ4n) is 1.85. The second kappa shape index (κ2) is 7.87. The number of urea groups is 1. The first-order valence-corrected chi connectivity index (χ1v) is 6.68. The molecule has 1 rings (SSSR count). The van der Waals surface area contributed by atoms with Gasteiger partial charge in [-0.15, -0.1) is 0 Å². The predicted molar refractivity (Wildman–Crippen MR) is 74.2 cm³/mol. The van der Waals surface area contributed by atoms with Crippen molar-refractivity contribution in [3.63, 3.8) is 0 Å². The van der Waals surface area contributed by atoms with E-state index in [2.05, 4.69) is 5.32 Å². The van der Waals surface area contributed by atoms with Crippen molar-refractivity contribution >= 4 is 11.7 Å². The van der Waals surface area contributed by atoms with Gasteiger partial charge in [0.15, 0.2) is 0 Å². The number of para-hydroxylation sites is 1. The van der Waals surface area contributed by atoms with Gasteiger partial charge in [0.25, 0.3) is 0 Å². The van der Waals surface area contributed by atoms with Gasteiger partial charge >= 0.3 is 12.2 Å². The Labute approximate surface area is 121 Å². The Bertz CT molecular complexity index is 464. The Morgan fingerprint density at radius 1 is 1.33 bits per heavy atom. The minimum atomic E-state index is -4.23. The molecule has 0 saturated heterocycles. The lowest BCUT2D eigenvalue weighted by Crippen LogP contribution is -2.37. The Balaban J connectivity index is 2.76. The third kappa shape index (κ3) is 6.03. The van der Waals surface area contributed by atoms with Crippen LogP contribution in [0.3, 0.4) is 0 Å². The van der Waals surface area contributed by atoms with Crippen molar-refractivity contribution in [2.45, 2.75) is 25.9 Å². The number of benzene rings is 1. The zero-order valence-corrected chi connectivity index (χ0v) is 11.8. The number of hydrogen-bond donors (Lipinski definition) is 2. The number of anilines is 1. The SMILES string of the molecule is CCN(CCO)C(=O)Nc1ccccc1CCC(F)(F)F. The standard InChI is InChI=1S/C14H19F3N2O2/c1-2-19(9-10-20)13(21)18-12-6-4-3-5-11(12)7-8-14(15,16)17/h3-6,20H,2,7-10H2,1H3,(H,18,21). The van der Waals surface area contributed by atoms with Gasteiger partial charge in [0.1, 0.15) is 0 Å². The lowest BCUT2D eigenvalue weighted by molar-refractivity contribution is -0.133. The molecule has 0 heterocycles. The molecular formula is C14H19F3N2O2. The van der Waals surface area contributed by atoms with Crippen LogP contribution in [0.5, 0.6) is 0 Å². The third-order valence-electron chi connectivity index (χ3n) is 2.98. The number of amides is 2. The molecule has 21 heavy (non-hydrogen) atoms. The molecule has 0 radical (unpaired) electrons. The van der Waals surface area contributed by atoms with Crippen LogP contribution >= 0.6 is 0 Å². The Hall–Kier alpha value is -1.76. The molecule has 0 saturated carbocycles. The van der Waals surface area contributed by atoms with Gasteiger partial charge in [-0.1, -0.05) is 18.2 Å². The van der Waals surface area contributed by atoms with Gasteiger partial charge in [0.05, 0.1) is 6.61 Å². The predicted octanol–water partition coefficient (Wildman–Crippen LogP) is 3.03. The quantitative estimate of drug-likeness (QED) is 0.849. The number of nitrogens with one attached hydrogen (secondary N) is 1. The fraction of sp³-hybridized carbons (Fsp3) is 0.500. The van der Waals surface area contributed by atoms with Crippen LogP contribution in [0.1, 0.15) is 18.9 Å². The summed E-state index contributed by atoms with van der Waals surface area (Å²) in [4.78, 5) is 13.3. The van der Waals surface area contributed by atoms with Gasteiger partial charge in [-0.25, -0.2) is 4.79 Å². The maximum Gasteiger partial charge on any atom is 0.389 e. The maximum atomic E-state index is 12.3. The van der Waals surface area contributed by atoms with Gasteiger partial charge in [-0.2, -0.15) is 13.2 Å². The molecule has 2 N–H and O–H groups in total. The summed E-state index contributed by atoms with van der Waals surface area (Å²) in [5, 5.41) is 11.5. The van der Waals surface area contributed by atoms with Crippen molar-refractivity contribution in [1.82, 2.24) is 4.90 Å². The molecule has 118 valence electrons. The van der Waals surface area contributed by atoms with E-state index in [0.717, 1.165) is 0 Å². The number of aryl methyl sites for hydroxylation is 1. The first-order chi connectivity index (χ1) is 9.87. The molecule has 0 aliphatic heterocycles. The van der Waals surface area contributed by atoms with E-state index in [0.29, 0.717) is 17.8 Å². The number of alkyl halides is 3. The van der Waals surface area contributed by atoms with Gasteiger partial charge in [-0.05, 0) is 25.0 Å². The zero-order chi connectivity index (χ0) is 15.9. The van der Waals surface area contributed by atoms with E-state index in [9.17, 15) is 18.0 Å². The molecule has 0 fully saturated rings. The van der Waals surface area contributed by atoms with Crippen molar-refractivity contribution in [2.75, 3.05) is 25.0 Å². The number of aliphatic hydroxyl groups excluding tert-OH is 1. The Morgan fingerprint density at radius 2 is 2.00 bits per heavy atom. The van der Waals surface area contributed by atoms with Crippen molar-refractivity contribution in [3.8, 4) is 0 Å². The van der Waals surface area contributed by atoms with Gasteiger partial charge in [-0.3, -0.25) is 0 Å². The van der Waals surface area contributed by atoms with Crippen LogP contribution in [0.25, 0.3) is 0 Å². The fourth-order valence-corrected chi connectivity index (χ4v) is 1.85. The molecule has 0 aromatic heterocycles. The van der Waals surface area contributed by atoms with Crippen molar-refractivity contribution in [3.05, 3.63) is 29.8 Å². The minimum absolute atomic E-state index is 0.170. The Kier molecular flexibility index (Phi) is 6.48. The van der Waals surface area contributed by atoms with E-state index < -0.39 is 18.6 Å². The summed E-state index contributed by atoms with van der Waals surface area (Å²) >= 11 is 0. The summed E-state index contributed by atoms with van der Waals surface area (Å²) in [5.41, 5.74) is 0.798. The molecule has 1 aromatic rings. The largest absolute Gasteiger partial charge is 0.395 e. The average molecular weight is 304 g/mol. The number of hydrogen-bond acceptors (Lipinski definition) is 2. The van der Waals surface area contributed by atoms with E-state index in [4.69, 9.17) is 5.11 Å². The number of carbonyl (C=O) groups excluding carboxylic acids is 1. The van der Waals surface area contributed by atoms with Crippen LogP contribution in [0.2, 0.25) is 0 Å². The van der Waals surface area contributed by atoms with E-state index in [-0.39, 0.29) is 19.6 Å². The number of likely N-dealkylation sites (N-methyl/N-ethyl adjacent to an activating group) is 1. The summed E-state index contributed by atoms with van der Waals surface area (Å²) in [5.74, 6) is 0. The van der Waals surface area contributed by atoms with Crippen molar-refractivity contribution in [1.29, 1.82) is 0 Å². The monoisotopic (exact) mass is 304 g/mol. The molecule has 0 aliphatic carbocycles. The van der Waals surface area contributed by atoms with E-state index in [1.807, 2.05) is 0 Å². The number of nitrogens with zero attached hydrogens (tertiary/aromatic N) is 1. The molecule has 7 heteroatoms. The highest BCUT2D eigenvalue weighted by Gasteiger charge is 2.27. The summed E-state index contributed by atoms with van der Waals surface area (Å²) in [6.07, 6.45) is -5.36. The van der Waals surface area contributed by atoms with E-state index in [1.54, 1.807) is 31.2 Å². The molecule has 0 bridgehead atoms. The second-order valence-electron chi connectivity index (χ2n) is 4.51. The van der Waals surface area contributed by atoms with Crippen LogP contribution in [-0.4, -0.2) is 41.9 Å². The van der Waals surface area contributed by atoms with E-state index >= 15 is 0 Å². The van der Waals surface area contributed by atoms with Crippen LogP contribution in [0, 0.1) is 0 Å². The average Bonchev–Trinajstić information content (AvgIpc) is 2.42. The van der Waals surface area contributed by atoms with Crippen molar-refractivity contribution < 1.29 is 23.1 Å².